The first-order valence-electron chi connectivity index (χ1n) is 6.63. The van der Waals surface area contributed by atoms with Crippen molar-refractivity contribution in [1.82, 2.24) is 5.32 Å². The fourth-order valence-corrected chi connectivity index (χ4v) is 1.94. The Bertz CT molecular complexity index is 421. The van der Waals surface area contributed by atoms with Crippen LogP contribution in [0.5, 0.6) is 5.75 Å². The van der Waals surface area contributed by atoms with Crippen molar-refractivity contribution in [3.63, 3.8) is 0 Å². The summed E-state index contributed by atoms with van der Waals surface area (Å²) in [7, 11) is 1.59. The number of rotatable bonds is 8. The molecule has 0 aliphatic heterocycles. The van der Waals surface area contributed by atoms with Crippen LogP contribution in [0.15, 0.2) is 18.2 Å². The van der Waals surface area contributed by atoms with Gasteiger partial charge in [-0.2, -0.15) is 0 Å². The summed E-state index contributed by atoms with van der Waals surface area (Å²) in [5, 5.41) is 14.2. The number of hydrogen-bond acceptors (Lipinski definition) is 4. The van der Waals surface area contributed by atoms with Crippen LogP contribution >= 0.6 is 0 Å². The van der Waals surface area contributed by atoms with E-state index in [9.17, 15) is 10.1 Å². The lowest BCUT2D eigenvalue weighted by atomic mass is 10.0. The van der Waals surface area contributed by atoms with Gasteiger partial charge in [-0.25, -0.2) is 0 Å². The molecule has 0 spiro atoms. The molecule has 0 fully saturated rings. The Hall–Kier alpha value is -1.62. The minimum Gasteiger partial charge on any atom is -0.496 e. The van der Waals surface area contributed by atoms with Crippen LogP contribution in [-0.4, -0.2) is 24.6 Å². The molecular weight excluding hydrogens is 244 g/mol. The second kappa shape index (κ2) is 7.74. The topological polar surface area (TPSA) is 64.4 Å². The fraction of sp³-hybridized carbons (Fsp3) is 0.571. The fourth-order valence-electron chi connectivity index (χ4n) is 1.94. The third-order valence-electron chi connectivity index (χ3n) is 3.06. The third kappa shape index (κ3) is 4.87. The first-order chi connectivity index (χ1) is 9.08. The molecule has 0 radical (unpaired) electrons. The van der Waals surface area contributed by atoms with Crippen LogP contribution in [0.3, 0.4) is 0 Å². The van der Waals surface area contributed by atoms with E-state index in [0.29, 0.717) is 11.8 Å². The maximum Gasteiger partial charge on any atom is 0.269 e. The molecule has 106 valence electrons. The summed E-state index contributed by atoms with van der Waals surface area (Å²) in [6.07, 6.45) is 2.80. The summed E-state index contributed by atoms with van der Waals surface area (Å²) in [4.78, 5) is 10.4. The summed E-state index contributed by atoms with van der Waals surface area (Å²) >= 11 is 0. The zero-order chi connectivity index (χ0) is 14.3. The van der Waals surface area contributed by atoms with E-state index in [1.165, 1.54) is 6.07 Å². The summed E-state index contributed by atoms with van der Waals surface area (Å²) < 4.78 is 5.25. The predicted molar refractivity (Wildman–Crippen MR) is 75.7 cm³/mol. The highest BCUT2D eigenvalue weighted by Crippen LogP contribution is 2.25. The van der Waals surface area contributed by atoms with Crippen molar-refractivity contribution in [2.75, 3.05) is 13.7 Å². The van der Waals surface area contributed by atoms with Crippen LogP contribution in [0.1, 0.15) is 32.3 Å². The van der Waals surface area contributed by atoms with Crippen molar-refractivity contribution >= 4 is 5.69 Å². The lowest BCUT2D eigenvalue weighted by molar-refractivity contribution is -0.384. The zero-order valence-electron chi connectivity index (χ0n) is 11.8. The smallest absolute Gasteiger partial charge is 0.269 e. The van der Waals surface area contributed by atoms with E-state index < -0.39 is 0 Å². The Balaban J connectivity index is 2.69. The van der Waals surface area contributed by atoms with E-state index in [2.05, 4.69) is 19.2 Å². The van der Waals surface area contributed by atoms with Gasteiger partial charge < -0.3 is 10.1 Å². The molecule has 0 bridgehead atoms. The number of aryl methyl sites for hydroxylation is 1. The van der Waals surface area contributed by atoms with Gasteiger partial charge in [-0.3, -0.25) is 10.1 Å². The van der Waals surface area contributed by atoms with Crippen molar-refractivity contribution in [2.24, 2.45) is 0 Å². The minimum atomic E-state index is -0.373. The number of nitrogens with zero attached hydrogens (tertiary/aromatic N) is 1. The predicted octanol–water partition coefficient (Wildman–Crippen LogP) is 2.92. The maximum atomic E-state index is 10.8. The van der Waals surface area contributed by atoms with Crippen LogP contribution in [-0.2, 0) is 6.42 Å². The first-order valence-corrected chi connectivity index (χ1v) is 6.63. The lowest BCUT2D eigenvalue weighted by Crippen LogP contribution is -2.27. The monoisotopic (exact) mass is 266 g/mol. The van der Waals surface area contributed by atoms with Gasteiger partial charge in [0.2, 0.25) is 0 Å². The number of nitro benzene ring substituents is 1. The normalized spacial score (nSPS) is 12.2. The van der Waals surface area contributed by atoms with Crippen LogP contribution < -0.4 is 10.1 Å². The van der Waals surface area contributed by atoms with Crippen LogP contribution in [0.25, 0.3) is 0 Å². The van der Waals surface area contributed by atoms with Crippen molar-refractivity contribution in [1.29, 1.82) is 0 Å². The maximum absolute atomic E-state index is 10.8. The Morgan fingerprint density at radius 3 is 2.79 bits per heavy atom. The number of methoxy groups -OCH3 is 1. The van der Waals surface area contributed by atoms with Gasteiger partial charge in [-0.15, -0.1) is 0 Å². The van der Waals surface area contributed by atoms with Gasteiger partial charge in [0.05, 0.1) is 12.0 Å². The molecule has 0 aliphatic rings. The number of non-ortho nitro benzene ring substituents is 1. The molecule has 1 atom stereocenters. The quantitative estimate of drug-likeness (QED) is 0.580. The Morgan fingerprint density at radius 2 is 2.21 bits per heavy atom. The van der Waals surface area contributed by atoms with E-state index in [4.69, 9.17) is 4.74 Å². The molecule has 1 aromatic carbocycles. The van der Waals surface area contributed by atoms with Gasteiger partial charge >= 0.3 is 0 Å². The van der Waals surface area contributed by atoms with Gasteiger partial charge in [0.1, 0.15) is 5.75 Å². The summed E-state index contributed by atoms with van der Waals surface area (Å²) in [5.74, 6) is 0.716. The van der Waals surface area contributed by atoms with Crippen molar-refractivity contribution < 1.29 is 9.66 Å². The molecule has 1 N–H and O–H groups in total. The Labute approximate surface area is 114 Å². The molecule has 1 unspecified atom stereocenters. The summed E-state index contributed by atoms with van der Waals surface area (Å²) in [6.45, 7) is 5.25. The Morgan fingerprint density at radius 1 is 1.47 bits per heavy atom. The van der Waals surface area contributed by atoms with E-state index in [-0.39, 0.29) is 10.6 Å². The molecule has 0 aliphatic carbocycles. The molecule has 0 amide bonds. The number of nitrogens with one attached hydrogen (secondary N) is 1. The molecule has 0 saturated carbocycles. The molecule has 19 heavy (non-hydrogen) atoms. The molecule has 5 heteroatoms. The third-order valence-corrected chi connectivity index (χ3v) is 3.06. The lowest BCUT2D eigenvalue weighted by Gasteiger charge is -2.14. The summed E-state index contributed by atoms with van der Waals surface area (Å²) in [6, 6.07) is 5.13. The molecule has 5 nitrogen and oxygen atoms in total. The summed E-state index contributed by atoms with van der Waals surface area (Å²) in [5.41, 5.74) is 1.01. The average Bonchev–Trinajstić information content (AvgIpc) is 2.42. The van der Waals surface area contributed by atoms with E-state index >= 15 is 0 Å². The van der Waals surface area contributed by atoms with Crippen LogP contribution in [0.2, 0.25) is 0 Å². The van der Waals surface area contributed by atoms with Gasteiger partial charge in [-0.05, 0) is 38.8 Å². The number of ether oxygens (including phenoxy) is 1. The molecular formula is C14H22N2O3. The van der Waals surface area contributed by atoms with E-state index in [0.717, 1.165) is 31.4 Å². The standard InChI is InChI=1S/C14H22N2O3/c1-4-9-15-11(2)5-6-12-10-13(16(17)18)7-8-14(12)19-3/h7-8,10-11,15H,4-6,9H2,1-3H3. The van der Waals surface area contributed by atoms with Crippen molar-refractivity contribution in [2.45, 2.75) is 39.2 Å². The highest BCUT2D eigenvalue weighted by Gasteiger charge is 2.12. The second-order valence-corrected chi connectivity index (χ2v) is 4.65. The molecule has 0 heterocycles. The van der Waals surface area contributed by atoms with Gasteiger partial charge in [-0.1, -0.05) is 6.92 Å². The SMILES string of the molecule is CCCNC(C)CCc1cc([N+](=O)[O-])ccc1OC. The molecule has 0 saturated heterocycles. The minimum absolute atomic E-state index is 0.116. The van der Waals surface area contributed by atoms with Gasteiger partial charge in [0.25, 0.3) is 5.69 Å². The van der Waals surface area contributed by atoms with Gasteiger partial charge in [0.15, 0.2) is 0 Å². The molecule has 1 aromatic rings. The van der Waals surface area contributed by atoms with Crippen LogP contribution in [0, 0.1) is 10.1 Å². The highest BCUT2D eigenvalue weighted by atomic mass is 16.6. The van der Waals surface area contributed by atoms with Crippen molar-refractivity contribution in [3.8, 4) is 5.75 Å². The number of nitro groups is 1. The number of benzene rings is 1. The van der Waals surface area contributed by atoms with Gasteiger partial charge in [0, 0.05) is 23.7 Å². The Kier molecular flexibility index (Phi) is 6.29. The molecule has 1 rings (SSSR count). The van der Waals surface area contributed by atoms with Crippen LogP contribution in [0.4, 0.5) is 5.69 Å². The average molecular weight is 266 g/mol. The number of hydrogen-bond donors (Lipinski definition) is 1. The largest absolute Gasteiger partial charge is 0.496 e. The van der Waals surface area contributed by atoms with E-state index in [1.54, 1.807) is 19.2 Å². The highest BCUT2D eigenvalue weighted by molar-refractivity contribution is 5.43. The van der Waals surface area contributed by atoms with Crippen molar-refractivity contribution in [3.05, 3.63) is 33.9 Å². The zero-order valence-corrected chi connectivity index (χ0v) is 11.8. The first kappa shape index (κ1) is 15.4. The second-order valence-electron chi connectivity index (χ2n) is 4.65. The molecule has 0 aromatic heterocycles. The van der Waals surface area contributed by atoms with E-state index in [1.807, 2.05) is 0 Å².